The van der Waals surface area contributed by atoms with Crippen molar-refractivity contribution in [3.8, 4) is 0 Å². The molecule has 1 saturated heterocycles. The summed E-state index contributed by atoms with van der Waals surface area (Å²) in [6, 6.07) is 12.8. The molecule has 0 bridgehead atoms. The van der Waals surface area contributed by atoms with Gasteiger partial charge in [-0.25, -0.2) is 0 Å². The van der Waals surface area contributed by atoms with Crippen LogP contribution < -0.4 is 5.32 Å². The highest BCUT2D eigenvalue weighted by Crippen LogP contribution is 2.25. The standard InChI is InChI=1S/C22H31N3O2/c1-16-13-17(2)25(24-16)12-11-22-15-20(23-18(3)26)14-21(27-22)10-9-19-7-5-4-6-8-19/h4-8,13,20-22H,9-12,14-15H2,1-3H3,(H,23,26)/t20-,21+,22-/m1/s1. The zero-order valence-electron chi connectivity index (χ0n) is 16.6. The fourth-order valence-electron chi connectivity index (χ4n) is 4.03. The lowest BCUT2D eigenvalue weighted by Crippen LogP contribution is -2.45. The Balaban J connectivity index is 1.58. The lowest BCUT2D eigenvalue weighted by molar-refractivity contribution is -0.122. The van der Waals surface area contributed by atoms with E-state index in [1.807, 2.05) is 13.0 Å². The maximum absolute atomic E-state index is 11.6. The SMILES string of the molecule is CC(=O)N[C@H]1C[C@@H](CCn2nc(C)cc2C)O[C@@H](CCc2ccccc2)C1. The molecule has 0 saturated carbocycles. The second-order valence-corrected chi connectivity index (χ2v) is 7.71. The Kier molecular flexibility index (Phi) is 6.67. The summed E-state index contributed by atoms with van der Waals surface area (Å²) in [6.07, 6.45) is 5.00. The molecule has 1 amide bonds. The summed E-state index contributed by atoms with van der Waals surface area (Å²) in [5.74, 6) is 0.0426. The van der Waals surface area contributed by atoms with Crippen LogP contribution in [0.2, 0.25) is 0 Å². The second kappa shape index (κ2) is 9.18. The van der Waals surface area contributed by atoms with Gasteiger partial charge < -0.3 is 10.1 Å². The molecule has 1 aromatic carbocycles. The highest BCUT2D eigenvalue weighted by atomic mass is 16.5. The largest absolute Gasteiger partial charge is 0.375 e. The molecular formula is C22H31N3O2. The van der Waals surface area contributed by atoms with E-state index in [1.54, 1.807) is 6.92 Å². The maximum atomic E-state index is 11.6. The van der Waals surface area contributed by atoms with Gasteiger partial charge in [-0.1, -0.05) is 30.3 Å². The van der Waals surface area contributed by atoms with Crippen molar-refractivity contribution in [1.82, 2.24) is 15.1 Å². The summed E-state index contributed by atoms with van der Waals surface area (Å²) in [5.41, 5.74) is 3.57. The van der Waals surface area contributed by atoms with Gasteiger partial charge >= 0.3 is 0 Å². The Morgan fingerprint density at radius 2 is 1.89 bits per heavy atom. The number of nitrogens with one attached hydrogen (secondary N) is 1. The van der Waals surface area contributed by atoms with E-state index in [4.69, 9.17) is 4.74 Å². The van der Waals surface area contributed by atoms with Crippen molar-refractivity contribution in [3.63, 3.8) is 0 Å². The number of amides is 1. The van der Waals surface area contributed by atoms with Crippen molar-refractivity contribution in [2.24, 2.45) is 0 Å². The fourth-order valence-corrected chi connectivity index (χ4v) is 4.03. The van der Waals surface area contributed by atoms with Crippen molar-refractivity contribution >= 4 is 5.91 Å². The summed E-state index contributed by atoms with van der Waals surface area (Å²) in [6.45, 7) is 6.55. The predicted octanol–water partition coefficient (Wildman–Crippen LogP) is 3.58. The third-order valence-corrected chi connectivity index (χ3v) is 5.25. The summed E-state index contributed by atoms with van der Waals surface area (Å²) in [4.78, 5) is 11.6. The van der Waals surface area contributed by atoms with E-state index in [0.717, 1.165) is 44.3 Å². The van der Waals surface area contributed by atoms with Gasteiger partial charge in [0.25, 0.3) is 0 Å². The number of rotatable bonds is 7. The molecule has 5 heteroatoms. The normalized spacial score (nSPS) is 22.6. The van der Waals surface area contributed by atoms with Gasteiger partial charge in [0.2, 0.25) is 5.91 Å². The third-order valence-electron chi connectivity index (χ3n) is 5.25. The molecule has 1 aliphatic rings. The van der Waals surface area contributed by atoms with Crippen LogP contribution in [0.25, 0.3) is 0 Å². The van der Waals surface area contributed by atoms with E-state index in [9.17, 15) is 4.79 Å². The minimum absolute atomic E-state index is 0.0426. The number of hydrogen-bond donors (Lipinski definition) is 1. The van der Waals surface area contributed by atoms with Crippen molar-refractivity contribution in [2.45, 2.75) is 77.7 Å². The van der Waals surface area contributed by atoms with Gasteiger partial charge in [0.05, 0.1) is 17.9 Å². The summed E-state index contributed by atoms with van der Waals surface area (Å²) >= 11 is 0. The van der Waals surface area contributed by atoms with Crippen molar-refractivity contribution < 1.29 is 9.53 Å². The molecule has 3 atom stereocenters. The van der Waals surface area contributed by atoms with E-state index in [0.29, 0.717) is 0 Å². The lowest BCUT2D eigenvalue weighted by Gasteiger charge is -2.36. The third kappa shape index (κ3) is 5.93. The number of benzene rings is 1. The Hall–Kier alpha value is -2.14. The van der Waals surface area contributed by atoms with Crippen LogP contribution in [0.3, 0.4) is 0 Å². The number of nitrogens with zero attached hydrogens (tertiary/aromatic N) is 2. The quantitative estimate of drug-likeness (QED) is 0.812. The molecule has 1 N–H and O–H groups in total. The van der Waals surface area contributed by atoms with Crippen molar-refractivity contribution in [2.75, 3.05) is 0 Å². The summed E-state index contributed by atoms with van der Waals surface area (Å²) in [7, 11) is 0. The van der Waals surface area contributed by atoms with E-state index in [2.05, 4.69) is 52.4 Å². The molecule has 0 spiro atoms. The first-order valence-corrected chi connectivity index (χ1v) is 9.97. The molecule has 27 heavy (non-hydrogen) atoms. The van der Waals surface area contributed by atoms with Gasteiger partial charge in [0, 0.05) is 25.2 Å². The van der Waals surface area contributed by atoms with Crippen LogP contribution in [0.4, 0.5) is 0 Å². The van der Waals surface area contributed by atoms with E-state index >= 15 is 0 Å². The molecule has 2 heterocycles. The fraction of sp³-hybridized carbons (Fsp3) is 0.545. The number of aromatic nitrogens is 2. The number of carbonyl (C=O) groups excluding carboxylic acids is 1. The van der Waals surface area contributed by atoms with Gasteiger partial charge in [0.15, 0.2) is 0 Å². The number of hydrogen-bond acceptors (Lipinski definition) is 3. The molecule has 0 unspecified atom stereocenters. The summed E-state index contributed by atoms with van der Waals surface area (Å²) < 4.78 is 8.45. The topological polar surface area (TPSA) is 56.2 Å². The van der Waals surface area contributed by atoms with Gasteiger partial charge in [0.1, 0.15) is 0 Å². The smallest absolute Gasteiger partial charge is 0.217 e. The van der Waals surface area contributed by atoms with Crippen molar-refractivity contribution in [3.05, 3.63) is 53.3 Å². The Labute approximate surface area is 162 Å². The minimum atomic E-state index is 0.0426. The average Bonchev–Trinajstić information content (AvgIpc) is 2.96. The molecule has 0 radical (unpaired) electrons. The first-order chi connectivity index (χ1) is 13.0. The summed E-state index contributed by atoms with van der Waals surface area (Å²) in [5, 5.41) is 7.66. The maximum Gasteiger partial charge on any atom is 0.217 e. The van der Waals surface area contributed by atoms with Gasteiger partial charge in [-0.3, -0.25) is 9.48 Å². The number of aryl methyl sites for hydroxylation is 4. The molecule has 2 aromatic rings. The van der Waals surface area contributed by atoms with Crippen LogP contribution in [0, 0.1) is 13.8 Å². The number of ether oxygens (including phenoxy) is 1. The van der Waals surface area contributed by atoms with Gasteiger partial charge in [-0.2, -0.15) is 5.10 Å². The van der Waals surface area contributed by atoms with Crippen LogP contribution in [0.5, 0.6) is 0 Å². The van der Waals surface area contributed by atoms with Crippen LogP contribution in [-0.2, 0) is 22.5 Å². The van der Waals surface area contributed by atoms with E-state index < -0.39 is 0 Å². The van der Waals surface area contributed by atoms with Crippen LogP contribution in [0.15, 0.2) is 36.4 Å². The Morgan fingerprint density at radius 1 is 1.19 bits per heavy atom. The first kappa shape index (κ1) is 19.6. The molecule has 0 aliphatic carbocycles. The molecule has 3 rings (SSSR count). The van der Waals surface area contributed by atoms with E-state index in [1.165, 1.54) is 11.3 Å². The molecule has 1 aliphatic heterocycles. The zero-order valence-corrected chi connectivity index (χ0v) is 16.6. The highest BCUT2D eigenvalue weighted by molar-refractivity contribution is 5.73. The molecule has 1 aromatic heterocycles. The predicted molar refractivity (Wildman–Crippen MR) is 107 cm³/mol. The molecule has 1 fully saturated rings. The molecule has 146 valence electrons. The second-order valence-electron chi connectivity index (χ2n) is 7.71. The lowest BCUT2D eigenvalue weighted by atomic mass is 9.93. The number of carbonyl (C=O) groups is 1. The van der Waals surface area contributed by atoms with Crippen LogP contribution in [0.1, 0.15) is 49.6 Å². The molecular weight excluding hydrogens is 338 g/mol. The molecule has 5 nitrogen and oxygen atoms in total. The Morgan fingerprint density at radius 3 is 2.52 bits per heavy atom. The minimum Gasteiger partial charge on any atom is -0.375 e. The van der Waals surface area contributed by atoms with Gasteiger partial charge in [-0.15, -0.1) is 0 Å². The van der Waals surface area contributed by atoms with E-state index in [-0.39, 0.29) is 24.2 Å². The zero-order chi connectivity index (χ0) is 19.2. The van der Waals surface area contributed by atoms with Gasteiger partial charge in [-0.05, 0) is 57.6 Å². The monoisotopic (exact) mass is 369 g/mol. The first-order valence-electron chi connectivity index (χ1n) is 9.97. The highest BCUT2D eigenvalue weighted by Gasteiger charge is 2.29. The Bertz CT molecular complexity index is 741. The average molecular weight is 370 g/mol. The van der Waals surface area contributed by atoms with Crippen LogP contribution >= 0.6 is 0 Å². The van der Waals surface area contributed by atoms with Crippen molar-refractivity contribution in [1.29, 1.82) is 0 Å². The van der Waals surface area contributed by atoms with Crippen LogP contribution in [-0.4, -0.2) is 33.9 Å².